The summed E-state index contributed by atoms with van der Waals surface area (Å²) in [5.74, 6) is -0.167. The second kappa shape index (κ2) is 2.87. The minimum Gasteiger partial charge on any atom is -0.207 e. The number of thiophene rings is 1. The molecule has 0 fully saturated rings. The topological polar surface area (TPSA) is 0 Å². The van der Waals surface area contributed by atoms with Gasteiger partial charge in [0.05, 0.1) is 0 Å². The lowest BCUT2D eigenvalue weighted by Crippen LogP contribution is -1.76. The molecule has 0 bridgehead atoms. The first-order valence-electron chi connectivity index (χ1n) is 3.76. The minimum atomic E-state index is -0.167. The van der Waals surface area contributed by atoms with Gasteiger partial charge >= 0.3 is 0 Å². The molecule has 1 radical (unpaired) electrons. The van der Waals surface area contributed by atoms with Crippen molar-refractivity contribution in [3.8, 4) is 0 Å². The Labute approximate surface area is 74.6 Å². The highest BCUT2D eigenvalue weighted by Crippen LogP contribution is 2.26. The number of fused-ring (bicyclic) bond motifs is 1. The van der Waals surface area contributed by atoms with Crippen LogP contribution in [-0.2, 0) is 6.42 Å². The Morgan fingerprint density at radius 2 is 2.25 bits per heavy atom. The molecule has 61 valence electrons. The van der Waals surface area contributed by atoms with Crippen molar-refractivity contribution >= 4 is 21.4 Å². The summed E-state index contributed by atoms with van der Waals surface area (Å²) in [4.78, 5) is 0. The molecule has 1 aromatic carbocycles. The Morgan fingerprint density at radius 1 is 1.42 bits per heavy atom. The summed E-state index contributed by atoms with van der Waals surface area (Å²) in [6, 6.07) is 4.88. The average Bonchev–Trinajstić information content (AvgIpc) is 2.46. The Bertz CT molecular complexity index is 403. The van der Waals surface area contributed by atoms with Gasteiger partial charge < -0.3 is 0 Å². The van der Waals surface area contributed by atoms with E-state index in [0.29, 0.717) is 0 Å². The molecule has 2 rings (SSSR count). The molecule has 0 saturated carbocycles. The van der Waals surface area contributed by atoms with Gasteiger partial charge in [0.1, 0.15) is 5.82 Å². The van der Waals surface area contributed by atoms with Crippen LogP contribution in [0.15, 0.2) is 23.6 Å². The van der Waals surface area contributed by atoms with E-state index in [9.17, 15) is 4.39 Å². The second-order valence-corrected chi connectivity index (χ2v) is 3.56. The van der Waals surface area contributed by atoms with Crippen molar-refractivity contribution in [3.63, 3.8) is 0 Å². The average molecular weight is 179 g/mol. The molecule has 12 heavy (non-hydrogen) atoms. The summed E-state index contributed by atoms with van der Waals surface area (Å²) in [5, 5.41) is 3.17. The van der Waals surface area contributed by atoms with Crippen molar-refractivity contribution in [2.75, 3.05) is 0 Å². The number of hydrogen-bond donors (Lipinski definition) is 0. The highest BCUT2D eigenvalue weighted by molar-refractivity contribution is 7.17. The monoisotopic (exact) mass is 179 g/mol. The third kappa shape index (κ3) is 1.12. The van der Waals surface area contributed by atoms with Crippen molar-refractivity contribution in [2.45, 2.75) is 6.42 Å². The Hall–Kier alpha value is -0.890. The van der Waals surface area contributed by atoms with Gasteiger partial charge in [0.2, 0.25) is 0 Å². The van der Waals surface area contributed by atoms with Crippen LogP contribution >= 0.6 is 11.3 Å². The zero-order valence-electron chi connectivity index (χ0n) is 6.51. The van der Waals surface area contributed by atoms with Crippen LogP contribution in [0.1, 0.15) is 5.56 Å². The largest absolute Gasteiger partial charge is 0.207 e. The molecule has 0 atom stereocenters. The van der Waals surface area contributed by atoms with Crippen molar-refractivity contribution < 1.29 is 4.39 Å². The molecule has 0 aliphatic rings. The quantitative estimate of drug-likeness (QED) is 0.629. The van der Waals surface area contributed by atoms with Gasteiger partial charge in [-0.05, 0) is 41.8 Å². The molecule has 0 saturated heterocycles. The first-order valence-corrected chi connectivity index (χ1v) is 4.64. The Kier molecular flexibility index (Phi) is 1.85. The zero-order chi connectivity index (χ0) is 8.55. The van der Waals surface area contributed by atoms with Crippen LogP contribution in [0.2, 0.25) is 0 Å². The molecule has 0 aliphatic heterocycles. The second-order valence-electron chi connectivity index (χ2n) is 2.65. The van der Waals surface area contributed by atoms with E-state index < -0.39 is 0 Å². The molecular weight excluding hydrogens is 171 g/mol. The van der Waals surface area contributed by atoms with Crippen LogP contribution in [-0.4, -0.2) is 0 Å². The number of hydrogen-bond acceptors (Lipinski definition) is 1. The molecule has 0 amide bonds. The van der Waals surface area contributed by atoms with Crippen molar-refractivity contribution in [1.29, 1.82) is 0 Å². The van der Waals surface area contributed by atoms with Gasteiger partial charge in [0.25, 0.3) is 0 Å². The normalized spacial score (nSPS) is 10.8. The van der Waals surface area contributed by atoms with Crippen LogP contribution in [0.3, 0.4) is 0 Å². The van der Waals surface area contributed by atoms with Gasteiger partial charge in [-0.2, -0.15) is 0 Å². The molecule has 0 nitrogen and oxygen atoms in total. The highest BCUT2D eigenvalue weighted by atomic mass is 32.1. The maximum Gasteiger partial charge on any atom is 0.124 e. The van der Waals surface area contributed by atoms with E-state index in [1.165, 1.54) is 11.6 Å². The molecule has 2 heteroatoms. The van der Waals surface area contributed by atoms with Crippen LogP contribution in [0.4, 0.5) is 4.39 Å². The first kappa shape index (κ1) is 7.74. The number of benzene rings is 1. The van der Waals surface area contributed by atoms with E-state index in [4.69, 9.17) is 0 Å². The van der Waals surface area contributed by atoms with Crippen LogP contribution in [0.5, 0.6) is 0 Å². The highest BCUT2D eigenvalue weighted by Gasteiger charge is 2.02. The van der Waals surface area contributed by atoms with Crippen LogP contribution in [0.25, 0.3) is 10.1 Å². The molecule has 1 aromatic heterocycles. The van der Waals surface area contributed by atoms with Crippen LogP contribution < -0.4 is 0 Å². The molecular formula is C10H8FS. The van der Waals surface area contributed by atoms with Gasteiger partial charge in [-0.3, -0.25) is 0 Å². The van der Waals surface area contributed by atoms with Crippen LogP contribution in [0, 0.1) is 12.7 Å². The molecule has 0 aliphatic carbocycles. The van der Waals surface area contributed by atoms with Crippen molar-refractivity contribution in [2.24, 2.45) is 0 Å². The van der Waals surface area contributed by atoms with Crippen molar-refractivity contribution in [3.05, 3.63) is 41.9 Å². The summed E-state index contributed by atoms with van der Waals surface area (Å²) < 4.78 is 13.7. The number of rotatable bonds is 1. The molecule has 1 heterocycles. The lowest BCUT2D eigenvalue weighted by molar-refractivity contribution is 0.630. The predicted molar refractivity (Wildman–Crippen MR) is 50.8 cm³/mol. The SMILES string of the molecule is [CH2]Cc1csc2cc(F)ccc12. The van der Waals surface area contributed by atoms with Gasteiger partial charge in [-0.15, -0.1) is 11.3 Å². The maximum absolute atomic E-state index is 12.7. The maximum atomic E-state index is 12.7. The first-order chi connectivity index (χ1) is 5.81. The molecule has 2 aromatic rings. The fourth-order valence-electron chi connectivity index (χ4n) is 1.25. The van der Waals surface area contributed by atoms with E-state index in [0.717, 1.165) is 16.5 Å². The lowest BCUT2D eigenvalue weighted by atomic mass is 10.1. The summed E-state index contributed by atoms with van der Waals surface area (Å²) >= 11 is 1.57. The minimum absolute atomic E-state index is 0.167. The summed E-state index contributed by atoms with van der Waals surface area (Å²) in [7, 11) is 0. The van der Waals surface area contributed by atoms with Gasteiger partial charge in [0.15, 0.2) is 0 Å². The van der Waals surface area contributed by atoms with Gasteiger partial charge in [0, 0.05) is 4.70 Å². The molecule has 0 N–H and O–H groups in total. The van der Waals surface area contributed by atoms with Gasteiger partial charge in [-0.1, -0.05) is 6.07 Å². The molecule has 0 unspecified atom stereocenters. The summed E-state index contributed by atoms with van der Waals surface area (Å²) in [6.45, 7) is 3.81. The van der Waals surface area contributed by atoms with E-state index in [2.05, 4.69) is 6.92 Å². The van der Waals surface area contributed by atoms with Gasteiger partial charge in [-0.25, -0.2) is 4.39 Å². The number of halogens is 1. The lowest BCUT2D eigenvalue weighted by Gasteiger charge is -1.92. The van der Waals surface area contributed by atoms with E-state index in [1.54, 1.807) is 17.4 Å². The fourth-order valence-corrected chi connectivity index (χ4v) is 2.27. The van der Waals surface area contributed by atoms with E-state index >= 15 is 0 Å². The third-order valence-corrected chi connectivity index (χ3v) is 2.88. The van der Waals surface area contributed by atoms with Crippen molar-refractivity contribution in [1.82, 2.24) is 0 Å². The standard InChI is InChI=1S/C10H8FS/c1-2-7-6-12-10-5-8(11)3-4-9(7)10/h3-6H,1-2H2. The van der Waals surface area contributed by atoms with E-state index in [-0.39, 0.29) is 5.82 Å². The Morgan fingerprint density at radius 3 is 3.00 bits per heavy atom. The predicted octanol–water partition coefficient (Wildman–Crippen LogP) is 3.42. The molecule has 0 spiro atoms. The third-order valence-electron chi connectivity index (χ3n) is 1.89. The van der Waals surface area contributed by atoms with E-state index in [1.807, 2.05) is 11.4 Å². The fraction of sp³-hybridized carbons (Fsp3) is 0.100. The smallest absolute Gasteiger partial charge is 0.124 e. The zero-order valence-corrected chi connectivity index (χ0v) is 7.33. The summed E-state index contributed by atoms with van der Waals surface area (Å²) in [5.41, 5.74) is 1.20. The Balaban J connectivity index is 2.73. The summed E-state index contributed by atoms with van der Waals surface area (Å²) in [6.07, 6.45) is 0.769.